The highest BCUT2D eigenvalue weighted by atomic mass is 16.3. The molecular formula is C17H21N3O2. The second-order valence-electron chi connectivity index (χ2n) is 5.99. The lowest BCUT2D eigenvalue weighted by Crippen LogP contribution is -2.44. The van der Waals surface area contributed by atoms with Gasteiger partial charge in [-0.25, -0.2) is 4.98 Å². The van der Waals surface area contributed by atoms with Crippen LogP contribution in [0.5, 0.6) is 0 Å². The number of imidazole rings is 1. The Hall–Kier alpha value is -2.14. The minimum absolute atomic E-state index is 0.152. The Morgan fingerprint density at radius 1 is 1.32 bits per heavy atom. The third kappa shape index (κ3) is 3.36. The van der Waals surface area contributed by atoms with E-state index in [4.69, 9.17) is 0 Å². The van der Waals surface area contributed by atoms with Crippen LogP contribution >= 0.6 is 0 Å². The predicted octanol–water partition coefficient (Wildman–Crippen LogP) is 2.30. The van der Waals surface area contributed by atoms with Crippen LogP contribution in [-0.4, -0.2) is 32.7 Å². The molecule has 1 aliphatic rings. The average Bonchev–Trinajstić information content (AvgIpc) is 3.08. The van der Waals surface area contributed by atoms with Gasteiger partial charge in [0.05, 0.1) is 11.9 Å². The van der Waals surface area contributed by atoms with Crippen LogP contribution in [0, 0.1) is 0 Å². The van der Waals surface area contributed by atoms with E-state index in [9.17, 15) is 9.90 Å². The maximum atomic E-state index is 12.3. The fourth-order valence-electron chi connectivity index (χ4n) is 2.95. The molecule has 0 saturated heterocycles. The number of amides is 1. The molecule has 0 radical (unpaired) electrons. The monoisotopic (exact) mass is 299 g/mol. The first-order chi connectivity index (χ1) is 10.7. The summed E-state index contributed by atoms with van der Waals surface area (Å²) < 4.78 is 1.85. The van der Waals surface area contributed by atoms with E-state index in [-0.39, 0.29) is 5.91 Å². The van der Waals surface area contributed by atoms with E-state index in [0.29, 0.717) is 12.1 Å². The molecule has 1 aromatic carbocycles. The molecule has 0 spiro atoms. The van der Waals surface area contributed by atoms with Crippen molar-refractivity contribution in [1.82, 2.24) is 14.9 Å². The Kier molecular flexibility index (Phi) is 4.24. The fraction of sp³-hybridized carbons (Fsp3) is 0.412. The highest BCUT2D eigenvalue weighted by molar-refractivity contribution is 5.94. The largest absolute Gasteiger partial charge is 0.388 e. The molecule has 22 heavy (non-hydrogen) atoms. The summed E-state index contributed by atoms with van der Waals surface area (Å²) in [6.45, 7) is 0.321. The predicted molar refractivity (Wildman–Crippen MR) is 83.9 cm³/mol. The van der Waals surface area contributed by atoms with Crippen LogP contribution in [0.1, 0.15) is 42.5 Å². The molecule has 3 rings (SSSR count). The van der Waals surface area contributed by atoms with Crippen molar-refractivity contribution in [1.29, 1.82) is 0 Å². The van der Waals surface area contributed by atoms with Crippen molar-refractivity contribution in [3.63, 3.8) is 0 Å². The minimum atomic E-state index is -0.740. The van der Waals surface area contributed by atoms with Crippen LogP contribution in [0.3, 0.4) is 0 Å². The topological polar surface area (TPSA) is 67.2 Å². The Morgan fingerprint density at radius 3 is 2.86 bits per heavy atom. The number of aliphatic hydroxyl groups is 1. The minimum Gasteiger partial charge on any atom is -0.388 e. The third-order valence-electron chi connectivity index (χ3n) is 4.27. The molecule has 0 bridgehead atoms. The van der Waals surface area contributed by atoms with E-state index in [1.807, 2.05) is 29.0 Å². The molecule has 5 nitrogen and oxygen atoms in total. The summed E-state index contributed by atoms with van der Waals surface area (Å²) in [5.74, 6) is -0.152. The number of carbonyl (C=O) groups is 1. The molecule has 0 aliphatic heterocycles. The number of aromatic nitrogens is 2. The first-order valence-corrected chi connectivity index (χ1v) is 7.75. The molecule has 5 heteroatoms. The smallest absolute Gasteiger partial charge is 0.251 e. The lowest BCUT2D eigenvalue weighted by molar-refractivity contribution is 0.00526. The summed E-state index contributed by atoms with van der Waals surface area (Å²) in [6.07, 6.45) is 9.99. The summed E-state index contributed by atoms with van der Waals surface area (Å²) >= 11 is 0. The van der Waals surface area contributed by atoms with Crippen molar-refractivity contribution >= 4 is 5.91 Å². The van der Waals surface area contributed by atoms with Crippen LogP contribution in [-0.2, 0) is 0 Å². The molecular weight excluding hydrogens is 278 g/mol. The first-order valence-electron chi connectivity index (χ1n) is 7.75. The lowest BCUT2D eigenvalue weighted by Gasteiger charge is -2.32. The molecule has 116 valence electrons. The van der Waals surface area contributed by atoms with Crippen LogP contribution in [0.2, 0.25) is 0 Å². The molecule has 1 aliphatic carbocycles. The van der Waals surface area contributed by atoms with Gasteiger partial charge in [0.15, 0.2) is 0 Å². The Morgan fingerprint density at radius 2 is 2.14 bits per heavy atom. The summed E-state index contributed by atoms with van der Waals surface area (Å²) in [5.41, 5.74) is 0.739. The highest BCUT2D eigenvalue weighted by Gasteiger charge is 2.29. The van der Waals surface area contributed by atoms with Gasteiger partial charge in [-0.3, -0.25) is 4.79 Å². The van der Waals surface area contributed by atoms with Crippen LogP contribution < -0.4 is 5.32 Å². The van der Waals surface area contributed by atoms with Gasteiger partial charge in [0.1, 0.15) is 0 Å². The van der Waals surface area contributed by atoms with E-state index in [1.165, 1.54) is 6.42 Å². The summed E-state index contributed by atoms with van der Waals surface area (Å²) in [6, 6.07) is 7.37. The number of carbonyl (C=O) groups excluding carboxylic acids is 1. The quantitative estimate of drug-likeness (QED) is 0.910. The normalized spacial score (nSPS) is 17.1. The molecule has 0 atom stereocenters. The zero-order chi connectivity index (χ0) is 15.4. The van der Waals surface area contributed by atoms with E-state index in [2.05, 4.69) is 10.3 Å². The summed E-state index contributed by atoms with van der Waals surface area (Å²) in [4.78, 5) is 16.3. The van der Waals surface area contributed by atoms with Crippen molar-refractivity contribution < 1.29 is 9.90 Å². The van der Waals surface area contributed by atoms with Gasteiger partial charge in [0.25, 0.3) is 5.91 Å². The van der Waals surface area contributed by atoms with E-state index >= 15 is 0 Å². The lowest BCUT2D eigenvalue weighted by atomic mass is 9.85. The molecule has 0 unspecified atom stereocenters. The molecule has 2 aromatic rings. The zero-order valence-corrected chi connectivity index (χ0v) is 12.5. The number of hydrogen-bond acceptors (Lipinski definition) is 3. The van der Waals surface area contributed by atoms with Crippen molar-refractivity contribution in [2.45, 2.75) is 37.7 Å². The Labute approximate surface area is 130 Å². The number of nitrogens with zero attached hydrogens (tertiary/aromatic N) is 2. The molecule has 1 amide bonds. The van der Waals surface area contributed by atoms with Crippen LogP contribution in [0.15, 0.2) is 43.0 Å². The maximum absolute atomic E-state index is 12.3. The zero-order valence-electron chi connectivity index (χ0n) is 12.5. The number of benzene rings is 1. The second-order valence-corrected chi connectivity index (χ2v) is 5.99. The van der Waals surface area contributed by atoms with E-state index in [0.717, 1.165) is 31.4 Å². The Bertz CT molecular complexity index is 631. The summed E-state index contributed by atoms with van der Waals surface area (Å²) in [7, 11) is 0. The Balaban J connectivity index is 1.66. The average molecular weight is 299 g/mol. The molecule has 1 heterocycles. The van der Waals surface area contributed by atoms with Gasteiger partial charge >= 0.3 is 0 Å². The molecule has 1 fully saturated rings. The van der Waals surface area contributed by atoms with Crippen molar-refractivity contribution in [2.24, 2.45) is 0 Å². The number of nitrogens with one attached hydrogen (secondary N) is 1. The van der Waals surface area contributed by atoms with E-state index in [1.54, 1.807) is 18.6 Å². The SMILES string of the molecule is O=C(NCC1(O)CCCCC1)c1cccc(-n2ccnc2)c1. The second kappa shape index (κ2) is 6.32. The van der Waals surface area contributed by atoms with Gasteiger partial charge in [0, 0.05) is 30.2 Å². The van der Waals surface area contributed by atoms with Crippen LogP contribution in [0.4, 0.5) is 0 Å². The van der Waals surface area contributed by atoms with Gasteiger partial charge in [-0.2, -0.15) is 0 Å². The van der Waals surface area contributed by atoms with Gasteiger partial charge in [-0.05, 0) is 31.0 Å². The maximum Gasteiger partial charge on any atom is 0.251 e. The highest BCUT2D eigenvalue weighted by Crippen LogP contribution is 2.27. The standard InChI is InChI=1S/C17H21N3O2/c21-16(19-12-17(22)7-2-1-3-8-17)14-5-4-6-15(11-14)20-10-9-18-13-20/h4-6,9-11,13,22H,1-3,7-8,12H2,(H,19,21). The van der Waals surface area contributed by atoms with Gasteiger partial charge in [-0.15, -0.1) is 0 Å². The van der Waals surface area contributed by atoms with Crippen molar-refractivity contribution in [2.75, 3.05) is 6.54 Å². The fourth-order valence-corrected chi connectivity index (χ4v) is 2.95. The van der Waals surface area contributed by atoms with Crippen molar-refractivity contribution in [3.8, 4) is 5.69 Å². The molecule has 2 N–H and O–H groups in total. The molecule has 1 aromatic heterocycles. The van der Waals surface area contributed by atoms with Gasteiger partial charge in [-0.1, -0.05) is 25.3 Å². The van der Waals surface area contributed by atoms with Gasteiger partial charge < -0.3 is 15.0 Å². The van der Waals surface area contributed by atoms with Gasteiger partial charge in [0.2, 0.25) is 0 Å². The summed E-state index contributed by atoms with van der Waals surface area (Å²) in [5, 5.41) is 13.3. The third-order valence-corrected chi connectivity index (χ3v) is 4.27. The number of hydrogen-bond donors (Lipinski definition) is 2. The first kappa shape index (κ1) is 14.8. The molecule has 1 saturated carbocycles. The van der Waals surface area contributed by atoms with Crippen molar-refractivity contribution in [3.05, 3.63) is 48.5 Å². The van der Waals surface area contributed by atoms with Crippen LogP contribution in [0.25, 0.3) is 5.69 Å². The number of rotatable bonds is 4. The van der Waals surface area contributed by atoms with E-state index < -0.39 is 5.60 Å².